The van der Waals surface area contributed by atoms with E-state index in [-0.39, 0.29) is 56.0 Å². The second kappa shape index (κ2) is 20.0. The molecule has 2 amide bonds. The Balaban J connectivity index is 0.996. The normalized spacial score (nSPS) is 17.0. The van der Waals surface area contributed by atoms with Crippen LogP contribution < -0.4 is 50.0 Å². The van der Waals surface area contributed by atoms with E-state index in [1.165, 1.54) is 21.3 Å². The Bertz CT molecular complexity index is 2940. The van der Waals surface area contributed by atoms with Gasteiger partial charge in [-0.1, -0.05) is 18.2 Å². The summed E-state index contributed by atoms with van der Waals surface area (Å²) in [6.45, 7) is 1.18. The quantitative estimate of drug-likeness (QED) is 0.0641. The number of benzene rings is 4. The summed E-state index contributed by atoms with van der Waals surface area (Å²) in [4.78, 5) is 74.9. The molecular weight excluding hydrogens is 889 g/mol. The fourth-order valence-corrected chi connectivity index (χ4v) is 8.68. The Morgan fingerprint density at radius 2 is 1.26 bits per heavy atom. The number of nitrogens with one attached hydrogen (secondary N) is 6. The zero-order valence-corrected chi connectivity index (χ0v) is 39.5. The molecule has 20 heteroatoms. The lowest BCUT2D eigenvalue weighted by Gasteiger charge is -2.37. The number of rotatable bonds is 20. The SMILES string of the molecule is CNC1=C(c2nc3ccccc3[nH]2)C(=O)[C@@H](CNC(=O)COCc2ccc3nc(C4=C(NC)N(c5cc(OC)cc(OC)c5)[C@@](C)(CNC(=O)COC)C4=O)[nH]c3c2)N1c1cc(OC)cc(OC)c1. The number of H-pyrrole nitrogens is 2. The summed E-state index contributed by atoms with van der Waals surface area (Å²) in [6, 6.07) is 22.6. The van der Waals surface area contributed by atoms with Crippen molar-refractivity contribution in [2.75, 3.05) is 85.7 Å². The minimum atomic E-state index is -1.33. The Morgan fingerprint density at radius 1 is 0.681 bits per heavy atom. The summed E-state index contributed by atoms with van der Waals surface area (Å²) in [5.74, 6) is 2.21. The van der Waals surface area contributed by atoms with Crippen LogP contribution in [0.25, 0.3) is 33.2 Å². The molecule has 69 heavy (non-hydrogen) atoms. The fourth-order valence-electron chi connectivity index (χ4n) is 8.68. The Hall–Kier alpha value is -8.10. The molecule has 4 heterocycles. The first kappa shape index (κ1) is 47.4. The first-order valence-electron chi connectivity index (χ1n) is 21.9. The number of ether oxygens (including phenoxy) is 6. The van der Waals surface area contributed by atoms with Gasteiger partial charge in [-0.2, -0.15) is 0 Å². The van der Waals surface area contributed by atoms with Crippen LogP contribution in [0.2, 0.25) is 0 Å². The standard InChI is InChI=1S/C49H54N10O10/c1-49(26-53-39(60)24-64-4)44(63)42(48(51-3)59(49)29-18-32(67-7)21-33(19-29)68-8)46-56-36-14-13-27(15-37(36)57-46)23-69-25-40(61)52-22-38-43(62)41(45-54-34-11-9-10-12-35(34)55-45)47(50-2)58(38)28-16-30(65-5)20-31(17-28)66-6/h9-21,38,50-51H,22-26H2,1-8H3,(H,52,61)(H,53,60)(H,54,55)(H,56,57)/t38-,49+/m1/s1. The number of aromatic nitrogens is 4. The highest BCUT2D eigenvalue weighted by Gasteiger charge is 2.52. The van der Waals surface area contributed by atoms with Crippen molar-refractivity contribution in [1.82, 2.24) is 41.2 Å². The van der Waals surface area contributed by atoms with Crippen LogP contribution in [0.1, 0.15) is 24.1 Å². The Labute approximate surface area is 397 Å². The lowest BCUT2D eigenvalue weighted by Crippen LogP contribution is -2.56. The van der Waals surface area contributed by atoms with E-state index in [9.17, 15) is 19.2 Å². The smallest absolute Gasteiger partial charge is 0.246 e. The number of para-hydroxylation sites is 2. The van der Waals surface area contributed by atoms with Crippen molar-refractivity contribution in [3.8, 4) is 23.0 Å². The maximum atomic E-state index is 14.7. The fraction of sp³-hybridized carbons (Fsp3) is 0.306. The van der Waals surface area contributed by atoms with Crippen LogP contribution in [0.15, 0.2) is 90.5 Å². The van der Waals surface area contributed by atoms with E-state index in [2.05, 4.69) is 31.2 Å². The molecule has 0 saturated heterocycles. The molecule has 2 aliphatic heterocycles. The van der Waals surface area contributed by atoms with E-state index in [0.29, 0.717) is 79.8 Å². The number of amides is 2. The summed E-state index contributed by atoms with van der Waals surface area (Å²) in [6.07, 6.45) is 0. The van der Waals surface area contributed by atoms with Gasteiger partial charge >= 0.3 is 0 Å². The van der Waals surface area contributed by atoms with Gasteiger partial charge in [-0.05, 0) is 36.8 Å². The van der Waals surface area contributed by atoms with Gasteiger partial charge < -0.3 is 69.5 Å². The summed E-state index contributed by atoms with van der Waals surface area (Å²) in [7, 11) is 11.0. The minimum Gasteiger partial charge on any atom is -0.497 e. The van der Waals surface area contributed by atoms with Gasteiger partial charge in [0.25, 0.3) is 0 Å². The number of carbonyl (C=O) groups excluding carboxylic acids is 4. The van der Waals surface area contributed by atoms with Gasteiger partial charge in [0, 0.05) is 70.7 Å². The molecule has 6 aromatic rings. The zero-order chi connectivity index (χ0) is 49.0. The first-order chi connectivity index (χ1) is 33.4. The molecule has 0 aliphatic carbocycles. The second-order valence-electron chi connectivity index (χ2n) is 16.3. The molecule has 2 aliphatic rings. The highest BCUT2D eigenvalue weighted by molar-refractivity contribution is 6.30. The molecule has 20 nitrogen and oxygen atoms in total. The van der Waals surface area contributed by atoms with E-state index >= 15 is 0 Å². The number of methoxy groups -OCH3 is 5. The second-order valence-corrected chi connectivity index (χ2v) is 16.3. The zero-order valence-electron chi connectivity index (χ0n) is 39.5. The number of hydrogen-bond donors (Lipinski definition) is 6. The average molecular weight is 943 g/mol. The summed E-state index contributed by atoms with van der Waals surface area (Å²) in [5.41, 5.74) is 3.81. The predicted molar refractivity (Wildman–Crippen MR) is 258 cm³/mol. The third kappa shape index (κ3) is 9.18. The largest absolute Gasteiger partial charge is 0.497 e. The van der Waals surface area contributed by atoms with Crippen molar-refractivity contribution >= 4 is 68.0 Å². The molecule has 4 aromatic carbocycles. The molecule has 0 bridgehead atoms. The molecule has 360 valence electrons. The molecule has 0 saturated carbocycles. The van der Waals surface area contributed by atoms with Gasteiger partial charge in [0.1, 0.15) is 82.2 Å². The Kier molecular flexibility index (Phi) is 13.7. The van der Waals surface area contributed by atoms with Gasteiger partial charge in [0.15, 0.2) is 11.6 Å². The molecule has 0 unspecified atom stereocenters. The van der Waals surface area contributed by atoms with Crippen LogP contribution in [-0.4, -0.2) is 131 Å². The van der Waals surface area contributed by atoms with Crippen LogP contribution in [0.5, 0.6) is 23.0 Å². The summed E-state index contributed by atoms with van der Waals surface area (Å²) < 4.78 is 33.2. The van der Waals surface area contributed by atoms with Crippen LogP contribution in [-0.2, 0) is 35.3 Å². The molecule has 0 spiro atoms. The van der Waals surface area contributed by atoms with Crippen molar-refractivity contribution < 1.29 is 47.6 Å². The van der Waals surface area contributed by atoms with E-state index in [1.807, 2.05) is 36.4 Å². The molecule has 2 atom stereocenters. The number of nitrogens with zero attached hydrogens (tertiary/aromatic N) is 4. The minimum absolute atomic E-state index is 0.0611. The average Bonchev–Trinajstić information content (AvgIpc) is 4.11. The number of fused-ring (bicyclic) bond motifs is 2. The highest BCUT2D eigenvalue weighted by atomic mass is 16.5. The number of anilines is 2. The third-order valence-electron chi connectivity index (χ3n) is 12.0. The van der Waals surface area contributed by atoms with Crippen molar-refractivity contribution in [1.29, 1.82) is 0 Å². The van der Waals surface area contributed by atoms with Crippen molar-refractivity contribution in [2.24, 2.45) is 0 Å². The maximum absolute atomic E-state index is 14.7. The molecule has 0 radical (unpaired) electrons. The van der Waals surface area contributed by atoms with Crippen LogP contribution in [0.3, 0.4) is 0 Å². The molecule has 2 aromatic heterocycles. The van der Waals surface area contributed by atoms with E-state index < -0.39 is 17.5 Å². The van der Waals surface area contributed by atoms with Crippen LogP contribution >= 0.6 is 0 Å². The number of aromatic amines is 2. The predicted octanol–water partition coefficient (Wildman–Crippen LogP) is 3.65. The summed E-state index contributed by atoms with van der Waals surface area (Å²) >= 11 is 0. The van der Waals surface area contributed by atoms with E-state index in [1.54, 1.807) is 87.5 Å². The van der Waals surface area contributed by atoms with Gasteiger partial charge in [-0.25, -0.2) is 9.97 Å². The van der Waals surface area contributed by atoms with Gasteiger partial charge in [0.2, 0.25) is 11.8 Å². The maximum Gasteiger partial charge on any atom is 0.246 e. The van der Waals surface area contributed by atoms with Crippen molar-refractivity contribution in [2.45, 2.75) is 25.1 Å². The highest BCUT2D eigenvalue weighted by Crippen LogP contribution is 2.44. The molecule has 0 fully saturated rings. The molecule has 6 N–H and O–H groups in total. The summed E-state index contributed by atoms with van der Waals surface area (Å²) in [5, 5.41) is 12.1. The van der Waals surface area contributed by atoms with Gasteiger partial charge in [0.05, 0.1) is 68.5 Å². The van der Waals surface area contributed by atoms with Crippen LogP contribution in [0.4, 0.5) is 11.4 Å². The third-order valence-corrected chi connectivity index (χ3v) is 12.0. The van der Waals surface area contributed by atoms with Crippen molar-refractivity contribution in [3.63, 3.8) is 0 Å². The first-order valence-corrected chi connectivity index (χ1v) is 21.9. The van der Waals surface area contributed by atoms with Gasteiger partial charge in [-0.3, -0.25) is 19.2 Å². The number of hydrogen-bond acceptors (Lipinski definition) is 16. The monoisotopic (exact) mass is 942 g/mol. The van der Waals surface area contributed by atoms with Crippen molar-refractivity contribution in [3.05, 3.63) is 108 Å². The lowest BCUT2D eigenvalue weighted by atomic mass is 9.92. The lowest BCUT2D eigenvalue weighted by molar-refractivity contribution is -0.127. The van der Waals surface area contributed by atoms with E-state index in [0.717, 1.165) is 11.1 Å². The number of carbonyl (C=O) groups is 4. The van der Waals surface area contributed by atoms with Gasteiger partial charge in [-0.15, -0.1) is 0 Å². The Morgan fingerprint density at radius 3 is 1.87 bits per heavy atom. The number of imidazole rings is 2. The molecular formula is C49H54N10O10. The number of ketones is 2. The molecule has 8 rings (SSSR count). The van der Waals surface area contributed by atoms with Crippen LogP contribution in [0, 0.1) is 0 Å². The van der Waals surface area contributed by atoms with E-state index in [4.69, 9.17) is 38.4 Å². The topological polar surface area (TPSA) is 236 Å². The number of Topliss-reactive ketones (excluding diaryl/α,β-unsaturated/α-hetero) is 2.